The number of benzene rings is 1. The first-order valence-corrected chi connectivity index (χ1v) is 6.74. The number of ether oxygens (including phenoxy) is 1. The molecule has 0 bridgehead atoms. The lowest BCUT2D eigenvalue weighted by Gasteiger charge is -2.23. The molecule has 0 amide bonds. The Hall–Kier alpha value is -1.13. The quantitative estimate of drug-likeness (QED) is 0.784. The fourth-order valence-electron chi connectivity index (χ4n) is 1.97. The Morgan fingerprint density at radius 3 is 2.74 bits per heavy atom. The van der Waals surface area contributed by atoms with Crippen molar-refractivity contribution in [2.75, 3.05) is 38.8 Å². The number of anilines is 1. The Balaban J connectivity index is 2.76. The monoisotopic (exact) mass is 268 g/mol. The Labute approximate surface area is 115 Å². The van der Waals surface area contributed by atoms with Crippen molar-refractivity contribution >= 4 is 5.69 Å². The summed E-state index contributed by atoms with van der Waals surface area (Å²) in [6.07, 6.45) is 0. The van der Waals surface area contributed by atoms with Gasteiger partial charge in [-0.25, -0.2) is 4.39 Å². The van der Waals surface area contributed by atoms with Gasteiger partial charge in [-0.2, -0.15) is 0 Å². The first-order chi connectivity index (χ1) is 9.06. The van der Waals surface area contributed by atoms with Crippen molar-refractivity contribution in [1.82, 2.24) is 5.32 Å². The molecule has 0 atom stereocenters. The van der Waals surface area contributed by atoms with Crippen molar-refractivity contribution in [2.45, 2.75) is 20.4 Å². The lowest BCUT2D eigenvalue weighted by molar-refractivity contribution is 0.206. The van der Waals surface area contributed by atoms with Crippen LogP contribution in [0.5, 0.6) is 0 Å². The van der Waals surface area contributed by atoms with Gasteiger partial charge in [0.1, 0.15) is 5.82 Å². The highest BCUT2D eigenvalue weighted by Crippen LogP contribution is 2.23. The van der Waals surface area contributed by atoms with Crippen molar-refractivity contribution in [3.05, 3.63) is 29.6 Å². The van der Waals surface area contributed by atoms with Crippen LogP contribution in [0.25, 0.3) is 0 Å². The average molecular weight is 268 g/mol. The molecule has 1 aromatic carbocycles. The van der Waals surface area contributed by atoms with Gasteiger partial charge in [-0.05, 0) is 24.1 Å². The molecule has 1 aromatic rings. The van der Waals surface area contributed by atoms with E-state index in [0.717, 1.165) is 12.1 Å². The molecule has 0 heterocycles. The number of likely N-dealkylation sites (N-methyl/N-ethyl adjacent to an activating group) is 1. The zero-order valence-electron chi connectivity index (χ0n) is 12.4. The number of rotatable bonds is 8. The number of halogens is 1. The molecule has 0 aromatic heterocycles. The molecule has 0 saturated carbocycles. The van der Waals surface area contributed by atoms with E-state index < -0.39 is 0 Å². The lowest BCUT2D eigenvalue weighted by atomic mass is 10.1. The summed E-state index contributed by atoms with van der Waals surface area (Å²) in [7, 11) is 3.55. The molecule has 0 aliphatic heterocycles. The van der Waals surface area contributed by atoms with E-state index in [0.29, 0.717) is 31.3 Å². The summed E-state index contributed by atoms with van der Waals surface area (Å²) in [6, 6.07) is 5.23. The van der Waals surface area contributed by atoms with Crippen LogP contribution in [0.2, 0.25) is 0 Å². The molecule has 0 fully saturated rings. The molecule has 0 aliphatic carbocycles. The van der Waals surface area contributed by atoms with Crippen LogP contribution in [0.4, 0.5) is 10.1 Å². The van der Waals surface area contributed by atoms with E-state index in [-0.39, 0.29) is 5.82 Å². The van der Waals surface area contributed by atoms with E-state index in [9.17, 15) is 4.39 Å². The summed E-state index contributed by atoms with van der Waals surface area (Å²) in [5.41, 5.74) is 1.65. The van der Waals surface area contributed by atoms with Gasteiger partial charge in [0.15, 0.2) is 0 Å². The van der Waals surface area contributed by atoms with Gasteiger partial charge in [-0.15, -0.1) is 0 Å². The fourth-order valence-corrected chi connectivity index (χ4v) is 1.97. The van der Waals surface area contributed by atoms with Crippen LogP contribution in [0.15, 0.2) is 18.2 Å². The maximum Gasteiger partial charge on any atom is 0.146 e. The number of para-hydroxylation sites is 1. The molecular formula is C15H25FN2O. The van der Waals surface area contributed by atoms with E-state index in [2.05, 4.69) is 19.2 Å². The normalized spacial score (nSPS) is 11.1. The predicted octanol–water partition coefficient (Wildman–Crippen LogP) is 2.65. The Kier molecular flexibility index (Phi) is 6.81. The van der Waals surface area contributed by atoms with Crippen LogP contribution in [0.1, 0.15) is 19.4 Å². The molecule has 4 heteroatoms. The van der Waals surface area contributed by atoms with Gasteiger partial charge in [0, 0.05) is 27.2 Å². The van der Waals surface area contributed by atoms with Crippen molar-refractivity contribution in [2.24, 2.45) is 5.92 Å². The van der Waals surface area contributed by atoms with E-state index >= 15 is 0 Å². The van der Waals surface area contributed by atoms with Gasteiger partial charge < -0.3 is 15.0 Å². The summed E-state index contributed by atoms with van der Waals surface area (Å²) in [5.74, 6) is 0.408. The zero-order valence-corrected chi connectivity index (χ0v) is 12.4. The molecule has 1 rings (SSSR count). The highest BCUT2D eigenvalue weighted by molar-refractivity contribution is 5.54. The second kappa shape index (κ2) is 8.12. The van der Waals surface area contributed by atoms with Crippen molar-refractivity contribution in [3.8, 4) is 0 Å². The van der Waals surface area contributed by atoms with Crippen LogP contribution >= 0.6 is 0 Å². The first kappa shape index (κ1) is 15.9. The van der Waals surface area contributed by atoms with Gasteiger partial charge >= 0.3 is 0 Å². The SMILES string of the molecule is COCCN(C)c1c(F)cccc1CNCC(C)C. The molecule has 1 N–H and O–H groups in total. The highest BCUT2D eigenvalue weighted by atomic mass is 19.1. The van der Waals surface area contributed by atoms with E-state index in [1.165, 1.54) is 6.07 Å². The molecule has 0 saturated heterocycles. The minimum absolute atomic E-state index is 0.178. The third-order valence-corrected chi connectivity index (χ3v) is 2.95. The van der Waals surface area contributed by atoms with Crippen LogP contribution in [0, 0.1) is 11.7 Å². The number of methoxy groups -OCH3 is 1. The molecule has 0 radical (unpaired) electrons. The van der Waals surface area contributed by atoms with Crippen LogP contribution in [-0.4, -0.2) is 33.9 Å². The minimum atomic E-state index is -0.178. The minimum Gasteiger partial charge on any atom is -0.383 e. The highest BCUT2D eigenvalue weighted by Gasteiger charge is 2.12. The van der Waals surface area contributed by atoms with E-state index in [4.69, 9.17) is 4.74 Å². The smallest absolute Gasteiger partial charge is 0.146 e. The Morgan fingerprint density at radius 2 is 2.11 bits per heavy atom. The summed E-state index contributed by atoms with van der Waals surface area (Å²) in [4.78, 5) is 1.91. The fraction of sp³-hybridized carbons (Fsp3) is 0.600. The van der Waals surface area contributed by atoms with Crippen molar-refractivity contribution in [3.63, 3.8) is 0 Å². The second-order valence-corrected chi connectivity index (χ2v) is 5.19. The standard InChI is InChI=1S/C15H25FN2O/c1-12(2)10-17-11-13-6-5-7-14(16)15(13)18(3)8-9-19-4/h5-7,12,17H,8-11H2,1-4H3. The van der Waals surface area contributed by atoms with Crippen LogP contribution in [-0.2, 0) is 11.3 Å². The molecule has 3 nitrogen and oxygen atoms in total. The van der Waals surface area contributed by atoms with Gasteiger partial charge in [0.25, 0.3) is 0 Å². The van der Waals surface area contributed by atoms with E-state index in [1.54, 1.807) is 13.2 Å². The third kappa shape index (κ3) is 5.17. The molecule has 0 spiro atoms. The average Bonchev–Trinajstić information content (AvgIpc) is 2.35. The second-order valence-electron chi connectivity index (χ2n) is 5.19. The van der Waals surface area contributed by atoms with Crippen molar-refractivity contribution in [1.29, 1.82) is 0 Å². The topological polar surface area (TPSA) is 24.5 Å². The maximum absolute atomic E-state index is 14.0. The van der Waals surface area contributed by atoms with Crippen LogP contribution < -0.4 is 10.2 Å². The first-order valence-electron chi connectivity index (χ1n) is 6.74. The molecule has 19 heavy (non-hydrogen) atoms. The number of nitrogens with one attached hydrogen (secondary N) is 1. The van der Waals surface area contributed by atoms with Crippen LogP contribution in [0.3, 0.4) is 0 Å². The van der Waals surface area contributed by atoms with Gasteiger partial charge in [-0.3, -0.25) is 0 Å². The Morgan fingerprint density at radius 1 is 1.37 bits per heavy atom. The summed E-state index contributed by atoms with van der Waals surface area (Å²) in [6.45, 7) is 7.19. The lowest BCUT2D eigenvalue weighted by Crippen LogP contribution is -2.26. The van der Waals surface area contributed by atoms with Gasteiger partial charge in [0.05, 0.1) is 12.3 Å². The molecule has 0 aliphatic rings. The summed E-state index contributed by atoms with van der Waals surface area (Å²) >= 11 is 0. The Bertz CT molecular complexity index is 382. The number of hydrogen-bond donors (Lipinski definition) is 1. The van der Waals surface area contributed by atoms with E-state index in [1.807, 2.05) is 18.0 Å². The zero-order chi connectivity index (χ0) is 14.3. The molecular weight excluding hydrogens is 243 g/mol. The number of hydrogen-bond acceptors (Lipinski definition) is 3. The largest absolute Gasteiger partial charge is 0.383 e. The van der Waals surface area contributed by atoms with Gasteiger partial charge in [-0.1, -0.05) is 26.0 Å². The van der Waals surface area contributed by atoms with Crippen molar-refractivity contribution < 1.29 is 9.13 Å². The molecule has 108 valence electrons. The maximum atomic E-state index is 14.0. The molecule has 0 unspecified atom stereocenters. The van der Waals surface area contributed by atoms with Gasteiger partial charge in [0.2, 0.25) is 0 Å². The number of nitrogens with zero attached hydrogens (tertiary/aromatic N) is 1. The summed E-state index contributed by atoms with van der Waals surface area (Å²) in [5, 5.41) is 3.36. The third-order valence-electron chi connectivity index (χ3n) is 2.95. The predicted molar refractivity (Wildman–Crippen MR) is 78.1 cm³/mol. The summed E-state index contributed by atoms with van der Waals surface area (Å²) < 4.78 is 19.1.